The molecule has 168 valence electrons. The van der Waals surface area contributed by atoms with Crippen LogP contribution in [0.4, 0.5) is 4.79 Å². The number of imide groups is 1. The predicted octanol–water partition coefficient (Wildman–Crippen LogP) is 4.15. The summed E-state index contributed by atoms with van der Waals surface area (Å²) in [6.07, 6.45) is 5.14. The summed E-state index contributed by atoms with van der Waals surface area (Å²) in [7, 11) is 0. The van der Waals surface area contributed by atoms with E-state index in [0.717, 1.165) is 48.8 Å². The van der Waals surface area contributed by atoms with Crippen LogP contribution in [0.5, 0.6) is 17.5 Å². The Morgan fingerprint density at radius 2 is 1.94 bits per heavy atom. The van der Waals surface area contributed by atoms with Crippen molar-refractivity contribution in [2.45, 2.75) is 45.8 Å². The van der Waals surface area contributed by atoms with E-state index in [4.69, 9.17) is 9.47 Å². The van der Waals surface area contributed by atoms with Crippen molar-refractivity contribution in [3.05, 3.63) is 46.6 Å². The lowest BCUT2D eigenvalue weighted by molar-refractivity contribution is -0.123. The van der Waals surface area contributed by atoms with Crippen molar-refractivity contribution in [3.63, 3.8) is 0 Å². The van der Waals surface area contributed by atoms with Crippen LogP contribution < -0.4 is 14.8 Å². The average Bonchev–Trinajstić information content (AvgIpc) is 3.05. The largest absolute Gasteiger partial charge is 0.474 e. The Hall–Kier alpha value is -2.91. The summed E-state index contributed by atoms with van der Waals surface area (Å²) in [6.45, 7) is 7.38. The van der Waals surface area contributed by atoms with E-state index in [2.05, 4.69) is 15.3 Å². The number of piperidine rings is 1. The van der Waals surface area contributed by atoms with Gasteiger partial charge < -0.3 is 14.8 Å². The lowest BCUT2D eigenvalue weighted by Crippen LogP contribution is -2.34. The summed E-state index contributed by atoms with van der Waals surface area (Å²) < 4.78 is 12.1. The summed E-state index contributed by atoms with van der Waals surface area (Å²) in [6, 6.07) is 7.13. The molecule has 8 nitrogen and oxygen atoms in total. The second-order valence-electron chi connectivity index (χ2n) is 8.00. The van der Waals surface area contributed by atoms with Crippen LogP contribution in [0.3, 0.4) is 0 Å². The standard InChI is InChI=1S/C23H26N4O4S/c1-14(2)27-22(28)19(32-23(27)29)12-16-5-4-6-18(11-16)31-21-15(3)20(25-13-26-21)30-17-7-9-24-10-8-17/h4-6,11-14,17,24H,7-10H2,1-3H3. The third-order valence-electron chi connectivity index (χ3n) is 5.27. The summed E-state index contributed by atoms with van der Waals surface area (Å²) in [5, 5.41) is 3.07. The number of nitrogens with zero attached hydrogens (tertiary/aromatic N) is 3. The molecule has 2 amide bonds. The number of hydrogen-bond acceptors (Lipinski definition) is 8. The number of hydrogen-bond donors (Lipinski definition) is 1. The van der Waals surface area contributed by atoms with E-state index in [0.29, 0.717) is 22.4 Å². The molecule has 0 atom stereocenters. The molecule has 0 saturated carbocycles. The molecule has 9 heteroatoms. The van der Waals surface area contributed by atoms with Crippen molar-refractivity contribution in [1.29, 1.82) is 0 Å². The maximum absolute atomic E-state index is 12.5. The Morgan fingerprint density at radius 3 is 2.66 bits per heavy atom. The molecule has 0 radical (unpaired) electrons. The maximum Gasteiger partial charge on any atom is 0.293 e. The molecule has 2 aliphatic heterocycles. The second kappa shape index (κ2) is 9.70. The summed E-state index contributed by atoms with van der Waals surface area (Å²) >= 11 is 0.952. The van der Waals surface area contributed by atoms with Crippen LogP contribution in [0, 0.1) is 6.92 Å². The Morgan fingerprint density at radius 1 is 1.19 bits per heavy atom. The minimum Gasteiger partial charge on any atom is -0.474 e. The van der Waals surface area contributed by atoms with Crippen molar-refractivity contribution >= 4 is 29.0 Å². The van der Waals surface area contributed by atoms with Gasteiger partial charge in [0, 0.05) is 6.04 Å². The predicted molar refractivity (Wildman–Crippen MR) is 123 cm³/mol. The van der Waals surface area contributed by atoms with E-state index < -0.39 is 0 Å². The molecular formula is C23H26N4O4S. The minimum absolute atomic E-state index is 0.127. The number of rotatable bonds is 6. The Balaban J connectivity index is 1.51. The van der Waals surface area contributed by atoms with Crippen LogP contribution in [-0.4, -0.2) is 51.2 Å². The number of aromatic nitrogens is 2. The quantitative estimate of drug-likeness (QED) is 0.651. The number of carbonyl (C=O) groups is 2. The van der Waals surface area contributed by atoms with Gasteiger partial charge in [0.05, 0.1) is 10.5 Å². The fourth-order valence-corrected chi connectivity index (χ4v) is 4.53. The van der Waals surface area contributed by atoms with Gasteiger partial charge in [0.25, 0.3) is 11.1 Å². The molecule has 3 heterocycles. The van der Waals surface area contributed by atoms with Crippen LogP contribution in [0.15, 0.2) is 35.5 Å². The first-order valence-corrected chi connectivity index (χ1v) is 11.5. The molecule has 0 bridgehead atoms. The molecule has 4 rings (SSSR count). The maximum atomic E-state index is 12.5. The average molecular weight is 455 g/mol. The fraction of sp³-hybridized carbons (Fsp3) is 0.391. The molecule has 1 aromatic carbocycles. The van der Waals surface area contributed by atoms with E-state index in [1.54, 1.807) is 12.1 Å². The molecule has 0 unspecified atom stereocenters. The van der Waals surface area contributed by atoms with Crippen LogP contribution >= 0.6 is 11.8 Å². The Kier molecular flexibility index (Phi) is 6.76. The zero-order chi connectivity index (χ0) is 22.7. The van der Waals surface area contributed by atoms with Gasteiger partial charge in [0.2, 0.25) is 11.8 Å². The molecule has 1 N–H and O–H groups in total. The molecule has 2 aliphatic rings. The number of amides is 2. The third kappa shape index (κ3) is 4.94. The van der Waals surface area contributed by atoms with Crippen LogP contribution in [0.25, 0.3) is 6.08 Å². The van der Waals surface area contributed by atoms with E-state index in [1.807, 2.05) is 39.0 Å². The lowest BCUT2D eigenvalue weighted by Gasteiger charge is -2.24. The highest BCUT2D eigenvalue weighted by Gasteiger charge is 2.36. The number of benzene rings is 1. The molecule has 2 fully saturated rings. The van der Waals surface area contributed by atoms with Gasteiger partial charge in [-0.15, -0.1) is 0 Å². The van der Waals surface area contributed by atoms with Crippen molar-refractivity contribution in [2.75, 3.05) is 13.1 Å². The number of nitrogens with one attached hydrogen (secondary N) is 1. The smallest absolute Gasteiger partial charge is 0.293 e. The third-order valence-corrected chi connectivity index (χ3v) is 6.15. The summed E-state index contributed by atoms with van der Waals surface area (Å²) in [5.41, 5.74) is 1.49. The van der Waals surface area contributed by atoms with Crippen molar-refractivity contribution in [2.24, 2.45) is 0 Å². The molecular weight excluding hydrogens is 428 g/mol. The van der Waals surface area contributed by atoms with Gasteiger partial charge in [-0.3, -0.25) is 14.5 Å². The van der Waals surface area contributed by atoms with Crippen LogP contribution in [0.1, 0.15) is 37.8 Å². The van der Waals surface area contributed by atoms with Gasteiger partial charge in [-0.1, -0.05) is 12.1 Å². The first kappa shape index (κ1) is 22.3. The monoisotopic (exact) mass is 454 g/mol. The van der Waals surface area contributed by atoms with E-state index in [1.165, 1.54) is 11.2 Å². The molecule has 32 heavy (non-hydrogen) atoms. The van der Waals surface area contributed by atoms with Gasteiger partial charge in [-0.05, 0) is 82.2 Å². The van der Waals surface area contributed by atoms with Gasteiger partial charge in [-0.25, -0.2) is 9.97 Å². The number of ether oxygens (including phenoxy) is 2. The molecule has 1 aromatic heterocycles. The Labute approximate surface area is 191 Å². The summed E-state index contributed by atoms with van der Waals surface area (Å²) in [4.78, 5) is 34.9. The van der Waals surface area contributed by atoms with Gasteiger partial charge >= 0.3 is 0 Å². The zero-order valence-corrected chi connectivity index (χ0v) is 19.1. The summed E-state index contributed by atoms with van der Waals surface area (Å²) in [5.74, 6) is 1.24. The molecule has 0 spiro atoms. The number of thioether (sulfide) groups is 1. The zero-order valence-electron chi connectivity index (χ0n) is 18.3. The first-order chi connectivity index (χ1) is 15.4. The van der Waals surface area contributed by atoms with E-state index >= 15 is 0 Å². The normalized spacial score (nSPS) is 18.6. The second-order valence-corrected chi connectivity index (χ2v) is 8.99. The molecule has 2 aromatic rings. The SMILES string of the molecule is Cc1c(Oc2cccc(C=C3SC(=O)N(C(C)C)C3=O)c2)ncnc1OC1CCNCC1. The highest BCUT2D eigenvalue weighted by Crippen LogP contribution is 2.34. The highest BCUT2D eigenvalue weighted by atomic mass is 32.2. The van der Waals surface area contributed by atoms with E-state index in [9.17, 15) is 9.59 Å². The lowest BCUT2D eigenvalue weighted by atomic mass is 10.1. The van der Waals surface area contributed by atoms with Crippen molar-refractivity contribution < 1.29 is 19.1 Å². The fourth-order valence-electron chi connectivity index (χ4n) is 3.57. The first-order valence-electron chi connectivity index (χ1n) is 10.7. The Bertz CT molecular complexity index is 1050. The topological polar surface area (TPSA) is 93.7 Å². The van der Waals surface area contributed by atoms with Crippen LogP contribution in [-0.2, 0) is 4.79 Å². The van der Waals surface area contributed by atoms with Crippen molar-refractivity contribution in [1.82, 2.24) is 20.2 Å². The minimum atomic E-state index is -0.271. The van der Waals surface area contributed by atoms with Gasteiger partial charge in [-0.2, -0.15) is 0 Å². The molecule has 0 aliphatic carbocycles. The highest BCUT2D eigenvalue weighted by molar-refractivity contribution is 8.18. The van der Waals surface area contributed by atoms with Gasteiger partial charge in [0.15, 0.2) is 0 Å². The molecule has 2 saturated heterocycles. The number of carbonyl (C=O) groups excluding carboxylic acids is 2. The van der Waals surface area contributed by atoms with E-state index in [-0.39, 0.29) is 23.3 Å². The van der Waals surface area contributed by atoms with Crippen molar-refractivity contribution in [3.8, 4) is 17.5 Å². The van der Waals surface area contributed by atoms with Gasteiger partial charge in [0.1, 0.15) is 18.2 Å². The van der Waals surface area contributed by atoms with Crippen LogP contribution in [0.2, 0.25) is 0 Å².